The minimum Gasteiger partial charge on any atom is -0.455 e. The van der Waals surface area contributed by atoms with Gasteiger partial charge in [-0.3, -0.25) is 29.0 Å². The molecule has 0 aromatic heterocycles. The van der Waals surface area contributed by atoms with Crippen LogP contribution in [0.1, 0.15) is 38.5 Å². The topological polar surface area (TPSA) is 84.0 Å². The Morgan fingerprint density at radius 3 is 1.20 bits per heavy atom. The predicted molar refractivity (Wildman–Crippen MR) is 139 cm³/mol. The maximum atomic E-state index is 12.7. The molecule has 0 saturated carbocycles. The van der Waals surface area contributed by atoms with Crippen molar-refractivity contribution in [3.05, 3.63) is 24.3 Å². The van der Waals surface area contributed by atoms with E-state index in [0.717, 1.165) is 24.9 Å². The van der Waals surface area contributed by atoms with Gasteiger partial charge in [-0.1, -0.05) is 24.3 Å². The summed E-state index contributed by atoms with van der Waals surface area (Å²) >= 11 is 0. The summed E-state index contributed by atoms with van der Waals surface area (Å²) < 4.78 is 6.73. The van der Waals surface area contributed by atoms with Gasteiger partial charge < -0.3 is 4.12 Å². The summed E-state index contributed by atoms with van der Waals surface area (Å²) in [6, 6.07) is 1.79. The van der Waals surface area contributed by atoms with Crippen molar-refractivity contribution >= 4 is 40.3 Å². The minimum atomic E-state index is -1.98. The SMILES string of the molecule is C[Si](C)(CCCN1C(=O)C2CC=CCC2C1=O)O[Si](C)(C)CCCN1C(=O)C2CC=CCC2C1=O. The summed E-state index contributed by atoms with van der Waals surface area (Å²) in [5, 5.41) is 0. The van der Waals surface area contributed by atoms with Crippen LogP contribution < -0.4 is 0 Å². The van der Waals surface area contributed by atoms with Crippen LogP contribution in [-0.4, -0.2) is 63.2 Å². The number of imide groups is 2. The third-order valence-electron chi connectivity index (χ3n) is 8.07. The first-order valence-corrected chi connectivity index (χ1v) is 19.4. The molecule has 2 fully saturated rings. The number of hydrogen-bond donors (Lipinski definition) is 0. The molecule has 4 atom stereocenters. The third-order valence-corrected chi connectivity index (χ3v) is 15.6. The minimum absolute atomic E-state index is 0.000997. The normalized spacial score (nSPS) is 28.8. The zero-order chi connectivity index (χ0) is 25.4. The van der Waals surface area contributed by atoms with Gasteiger partial charge in [0, 0.05) is 13.1 Å². The molecule has 2 heterocycles. The van der Waals surface area contributed by atoms with Crippen LogP contribution in [0, 0.1) is 23.7 Å². The third kappa shape index (κ3) is 5.62. The van der Waals surface area contributed by atoms with Crippen LogP contribution in [0.25, 0.3) is 0 Å². The maximum Gasteiger partial charge on any atom is 0.233 e. The Balaban J connectivity index is 1.21. The molecule has 9 heteroatoms. The fourth-order valence-corrected chi connectivity index (χ4v) is 15.2. The van der Waals surface area contributed by atoms with Crippen LogP contribution in [0.2, 0.25) is 38.3 Å². The molecular weight excluding hydrogens is 476 g/mol. The summed E-state index contributed by atoms with van der Waals surface area (Å²) in [5.74, 6) is -0.626. The van der Waals surface area contributed by atoms with E-state index in [1.54, 1.807) is 0 Å². The van der Waals surface area contributed by atoms with Crippen molar-refractivity contribution in [1.29, 1.82) is 0 Å². The van der Waals surface area contributed by atoms with Crippen molar-refractivity contribution in [1.82, 2.24) is 9.80 Å². The van der Waals surface area contributed by atoms with Gasteiger partial charge in [0.2, 0.25) is 23.6 Å². The van der Waals surface area contributed by atoms with Gasteiger partial charge >= 0.3 is 0 Å². The molecule has 2 aliphatic heterocycles. The smallest absolute Gasteiger partial charge is 0.233 e. The molecular formula is C26H40N2O5Si2. The highest BCUT2D eigenvalue weighted by Gasteiger charge is 2.48. The standard InChI is InChI=1S/C26H40N2O5Si2/c1-34(2,17-9-15-27-23(29)19-11-5-6-12-20(19)24(27)30)33-35(3,4)18-10-16-28-25(31)21-13-7-8-14-22(21)26(28)32/h5-8,19-22H,9-18H2,1-4H3. The van der Waals surface area contributed by atoms with Crippen molar-refractivity contribution < 1.29 is 23.3 Å². The molecule has 2 aliphatic carbocycles. The number of hydrogen-bond acceptors (Lipinski definition) is 5. The molecule has 0 spiro atoms. The van der Waals surface area contributed by atoms with E-state index in [4.69, 9.17) is 4.12 Å². The van der Waals surface area contributed by atoms with Gasteiger partial charge in [0.1, 0.15) is 0 Å². The maximum absolute atomic E-state index is 12.7. The molecule has 0 aromatic rings. The van der Waals surface area contributed by atoms with Crippen molar-refractivity contribution in [2.75, 3.05) is 13.1 Å². The van der Waals surface area contributed by atoms with Gasteiger partial charge in [0.25, 0.3) is 0 Å². The number of nitrogens with zero attached hydrogens (tertiary/aromatic N) is 2. The summed E-state index contributed by atoms with van der Waals surface area (Å²) in [7, 11) is -3.96. The average molecular weight is 517 g/mol. The summed E-state index contributed by atoms with van der Waals surface area (Å²) in [4.78, 5) is 53.8. The van der Waals surface area contributed by atoms with Crippen molar-refractivity contribution in [3.8, 4) is 0 Å². The predicted octanol–water partition coefficient (Wildman–Crippen LogP) is 4.10. The molecule has 7 nitrogen and oxygen atoms in total. The van der Waals surface area contributed by atoms with E-state index >= 15 is 0 Å². The molecule has 4 unspecified atom stereocenters. The Morgan fingerprint density at radius 2 is 0.914 bits per heavy atom. The van der Waals surface area contributed by atoms with Crippen LogP contribution in [0.3, 0.4) is 0 Å². The lowest BCUT2D eigenvalue weighted by Crippen LogP contribution is -2.45. The van der Waals surface area contributed by atoms with Crippen LogP contribution >= 0.6 is 0 Å². The van der Waals surface area contributed by atoms with Crippen LogP contribution in [-0.2, 0) is 23.3 Å². The second-order valence-corrected chi connectivity index (χ2v) is 20.7. The number of amides is 4. The first kappa shape index (κ1) is 26.2. The lowest BCUT2D eigenvalue weighted by atomic mass is 9.85. The molecule has 0 N–H and O–H groups in total. The largest absolute Gasteiger partial charge is 0.455 e. The van der Waals surface area contributed by atoms with E-state index in [-0.39, 0.29) is 47.3 Å². The van der Waals surface area contributed by atoms with E-state index < -0.39 is 16.6 Å². The zero-order valence-electron chi connectivity index (χ0n) is 21.6. The highest BCUT2D eigenvalue weighted by Crippen LogP contribution is 2.36. The van der Waals surface area contributed by atoms with Gasteiger partial charge in [0.15, 0.2) is 16.6 Å². The Bertz CT molecular complexity index is 818. The molecule has 4 amide bonds. The van der Waals surface area contributed by atoms with Crippen LogP contribution in [0.5, 0.6) is 0 Å². The van der Waals surface area contributed by atoms with Crippen molar-refractivity contribution in [2.24, 2.45) is 23.7 Å². The van der Waals surface area contributed by atoms with E-state index in [9.17, 15) is 19.2 Å². The highest BCUT2D eigenvalue weighted by atomic mass is 28.4. The zero-order valence-corrected chi connectivity index (χ0v) is 23.6. The monoisotopic (exact) mass is 516 g/mol. The van der Waals surface area contributed by atoms with Gasteiger partial charge in [-0.15, -0.1) is 0 Å². The lowest BCUT2D eigenvalue weighted by molar-refractivity contribution is -0.141. The van der Waals surface area contributed by atoms with E-state index in [0.29, 0.717) is 38.8 Å². The number of likely N-dealkylation sites (tertiary alicyclic amines) is 2. The molecule has 4 rings (SSSR count). The molecule has 35 heavy (non-hydrogen) atoms. The van der Waals surface area contributed by atoms with E-state index in [1.807, 2.05) is 24.3 Å². The Kier molecular flexibility index (Phi) is 7.69. The molecule has 0 radical (unpaired) electrons. The second-order valence-electron chi connectivity index (χ2n) is 11.8. The van der Waals surface area contributed by atoms with Gasteiger partial charge in [-0.25, -0.2) is 0 Å². The summed E-state index contributed by atoms with van der Waals surface area (Å²) in [6.45, 7) is 9.83. The van der Waals surface area contributed by atoms with Crippen molar-refractivity contribution in [2.45, 2.75) is 76.8 Å². The highest BCUT2D eigenvalue weighted by molar-refractivity contribution is 6.84. The fraction of sp³-hybridized carbons (Fsp3) is 0.692. The van der Waals surface area contributed by atoms with Gasteiger partial charge in [-0.05, 0) is 76.8 Å². The number of fused-ring (bicyclic) bond motifs is 2. The van der Waals surface area contributed by atoms with Gasteiger partial charge in [0.05, 0.1) is 23.7 Å². The van der Waals surface area contributed by atoms with E-state index in [2.05, 4.69) is 26.2 Å². The number of allylic oxidation sites excluding steroid dienone is 4. The molecule has 2 saturated heterocycles. The van der Waals surface area contributed by atoms with E-state index in [1.165, 1.54) is 9.80 Å². The van der Waals surface area contributed by atoms with Crippen molar-refractivity contribution in [3.63, 3.8) is 0 Å². The molecule has 0 aromatic carbocycles. The lowest BCUT2D eigenvalue weighted by Gasteiger charge is -2.34. The van der Waals surface area contributed by atoms with Gasteiger partial charge in [-0.2, -0.15) is 0 Å². The first-order valence-electron chi connectivity index (χ1n) is 13.2. The fourth-order valence-electron chi connectivity index (χ4n) is 6.35. The first-order chi connectivity index (χ1) is 16.5. The Labute approximate surface area is 211 Å². The number of rotatable bonds is 10. The Hall–Kier alpha value is -1.85. The summed E-state index contributed by atoms with van der Waals surface area (Å²) in [6.07, 6.45) is 12.4. The Morgan fingerprint density at radius 1 is 0.629 bits per heavy atom. The number of carbonyl (C=O) groups is 4. The number of carbonyl (C=O) groups excluding carboxylic acids is 4. The second kappa shape index (κ2) is 10.3. The molecule has 192 valence electrons. The van der Waals surface area contributed by atoms with Crippen LogP contribution in [0.15, 0.2) is 24.3 Å². The molecule has 4 aliphatic rings. The summed E-state index contributed by atoms with van der Waals surface area (Å²) in [5.41, 5.74) is 0. The quantitative estimate of drug-likeness (QED) is 0.248. The van der Waals surface area contributed by atoms with Crippen LogP contribution in [0.4, 0.5) is 0 Å². The average Bonchev–Trinajstić information content (AvgIpc) is 3.19. The molecule has 0 bridgehead atoms.